The fourth-order valence-corrected chi connectivity index (χ4v) is 3.68. The summed E-state index contributed by atoms with van der Waals surface area (Å²) in [6, 6.07) is 16.3. The molecule has 1 unspecified atom stereocenters. The molecule has 1 aliphatic rings. The van der Waals surface area contributed by atoms with Gasteiger partial charge in [-0.2, -0.15) is 0 Å². The van der Waals surface area contributed by atoms with E-state index in [1.165, 1.54) is 18.4 Å². The molecule has 0 bridgehead atoms. The summed E-state index contributed by atoms with van der Waals surface area (Å²) < 4.78 is 10.9. The first-order valence-electron chi connectivity index (χ1n) is 10.3. The summed E-state index contributed by atoms with van der Waals surface area (Å²) in [5, 5.41) is 3.07. The third-order valence-corrected chi connectivity index (χ3v) is 5.15. The molecule has 0 saturated carbocycles. The summed E-state index contributed by atoms with van der Waals surface area (Å²) in [7, 11) is 1.62. The Balaban J connectivity index is 1.62. The highest BCUT2D eigenvalue weighted by Crippen LogP contribution is 2.28. The van der Waals surface area contributed by atoms with E-state index in [4.69, 9.17) is 9.47 Å². The SMILES string of the molecule is CCOc1cc(/C=C/C(=O)NCC(c2ccccc2)N2CCCC2)ccc1OC. The van der Waals surface area contributed by atoms with E-state index in [1.807, 2.05) is 31.2 Å². The van der Waals surface area contributed by atoms with Crippen LogP contribution >= 0.6 is 0 Å². The van der Waals surface area contributed by atoms with Crippen LogP contribution in [0.5, 0.6) is 11.5 Å². The number of carbonyl (C=O) groups is 1. The lowest BCUT2D eigenvalue weighted by molar-refractivity contribution is -0.116. The Kier molecular flexibility index (Phi) is 7.70. The molecule has 2 aromatic rings. The smallest absolute Gasteiger partial charge is 0.244 e. The third kappa shape index (κ3) is 5.84. The van der Waals surface area contributed by atoms with Gasteiger partial charge in [-0.1, -0.05) is 36.4 Å². The largest absolute Gasteiger partial charge is 0.493 e. The molecule has 0 aromatic heterocycles. The van der Waals surface area contributed by atoms with E-state index in [1.54, 1.807) is 19.3 Å². The fraction of sp³-hybridized carbons (Fsp3) is 0.375. The molecule has 3 rings (SSSR count). The van der Waals surface area contributed by atoms with E-state index in [0.717, 1.165) is 18.7 Å². The molecule has 5 heteroatoms. The standard InChI is InChI=1S/C24H30N2O3/c1-3-29-23-17-19(11-13-22(23)28-2)12-14-24(27)25-18-21(26-15-7-8-16-26)20-9-5-4-6-10-20/h4-6,9-14,17,21H,3,7-8,15-16,18H2,1-2H3,(H,25,27)/b14-12+. The summed E-state index contributed by atoms with van der Waals surface area (Å²) in [5.74, 6) is 1.26. The Morgan fingerprint density at radius 3 is 2.59 bits per heavy atom. The topological polar surface area (TPSA) is 50.8 Å². The zero-order valence-electron chi connectivity index (χ0n) is 17.3. The van der Waals surface area contributed by atoms with Crippen LogP contribution in [-0.4, -0.2) is 44.2 Å². The minimum absolute atomic E-state index is 0.0982. The van der Waals surface area contributed by atoms with Gasteiger partial charge in [0.2, 0.25) is 5.91 Å². The van der Waals surface area contributed by atoms with Gasteiger partial charge in [0, 0.05) is 12.6 Å². The quantitative estimate of drug-likeness (QED) is 0.652. The Morgan fingerprint density at radius 2 is 1.90 bits per heavy atom. The number of rotatable bonds is 9. The van der Waals surface area contributed by atoms with Crippen molar-refractivity contribution in [2.45, 2.75) is 25.8 Å². The Hall–Kier alpha value is -2.79. The van der Waals surface area contributed by atoms with E-state index < -0.39 is 0 Å². The average Bonchev–Trinajstić information content (AvgIpc) is 3.28. The van der Waals surface area contributed by atoms with Crippen LogP contribution in [0.4, 0.5) is 0 Å². The maximum atomic E-state index is 12.4. The van der Waals surface area contributed by atoms with Gasteiger partial charge in [-0.3, -0.25) is 9.69 Å². The Labute approximate surface area is 173 Å². The van der Waals surface area contributed by atoms with Gasteiger partial charge in [0.25, 0.3) is 0 Å². The fourth-order valence-electron chi connectivity index (χ4n) is 3.68. The van der Waals surface area contributed by atoms with Crippen molar-refractivity contribution < 1.29 is 14.3 Å². The first-order valence-corrected chi connectivity index (χ1v) is 10.3. The number of hydrogen-bond donors (Lipinski definition) is 1. The summed E-state index contributed by atoms with van der Waals surface area (Å²) in [6.45, 7) is 5.24. The van der Waals surface area contributed by atoms with Crippen molar-refractivity contribution >= 4 is 12.0 Å². The highest BCUT2D eigenvalue weighted by molar-refractivity contribution is 5.91. The minimum atomic E-state index is -0.0982. The number of benzene rings is 2. The molecule has 0 spiro atoms. The number of amides is 1. The van der Waals surface area contributed by atoms with Gasteiger partial charge in [0.1, 0.15) is 0 Å². The van der Waals surface area contributed by atoms with Gasteiger partial charge < -0.3 is 14.8 Å². The molecule has 1 amide bonds. The van der Waals surface area contributed by atoms with Crippen molar-refractivity contribution in [3.8, 4) is 11.5 Å². The van der Waals surface area contributed by atoms with Crippen molar-refractivity contribution in [2.75, 3.05) is 33.4 Å². The molecule has 154 valence electrons. The summed E-state index contributed by atoms with van der Waals surface area (Å²) in [5.41, 5.74) is 2.14. The number of hydrogen-bond acceptors (Lipinski definition) is 4. The third-order valence-electron chi connectivity index (χ3n) is 5.15. The lowest BCUT2D eigenvalue weighted by atomic mass is 10.1. The molecule has 1 atom stereocenters. The van der Waals surface area contributed by atoms with Gasteiger partial charge in [0.15, 0.2) is 11.5 Å². The van der Waals surface area contributed by atoms with Crippen LogP contribution in [0.2, 0.25) is 0 Å². The van der Waals surface area contributed by atoms with Crippen LogP contribution in [0, 0.1) is 0 Å². The van der Waals surface area contributed by atoms with E-state index in [0.29, 0.717) is 24.7 Å². The first kappa shape index (κ1) is 20.9. The van der Waals surface area contributed by atoms with Gasteiger partial charge >= 0.3 is 0 Å². The maximum absolute atomic E-state index is 12.4. The van der Waals surface area contributed by atoms with Crippen LogP contribution in [0.25, 0.3) is 6.08 Å². The predicted octanol–water partition coefficient (Wildman–Crippen LogP) is 4.06. The van der Waals surface area contributed by atoms with Crippen molar-refractivity contribution in [3.63, 3.8) is 0 Å². The zero-order valence-corrected chi connectivity index (χ0v) is 17.3. The van der Waals surface area contributed by atoms with Crippen LogP contribution in [0.1, 0.15) is 36.9 Å². The lowest BCUT2D eigenvalue weighted by Crippen LogP contribution is -2.36. The second-order valence-corrected chi connectivity index (χ2v) is 7.09. The molecule has 2 aromatic carbocycles. The second-order valence-electron chi connectivity index (χ2n) is 7.09. The number of likely N-dealkylation sites (tertiary alicyclic amines) is 1. The molecular weight excluding hydrogens is 364 g/mol. The number of nitrogens with one attached hydrogen (secondary N) is 1. The molecule has 1 fully saturated rings. The first-order chi connectivity index (χ1) is 14.2. The van der Waals surface area contributed by atoms with E-state index >= 15 is 0 Å². The summed E-state index contributed by atoms with van der Waals surface area (Å²) >= 11 is 0. The molecule has 1 aliphatic heterocycles. The molecule has 1 heterocycles. The Morgan fingerprint density at radius 1 is 1.14 bits per heavy atom. The maximum Gasteiger partial charge on any atom is 0.244 e. The summed E-state index contributed by atoms with van der Waals surface area (Å²) in [6.07, 6.45) is 5.81. The van der Waals surface area contributed by atoms with Gasteiger partial charge in [-0.05, 0) is 62.2 Å². The molecule has 0 radical (unpaired) electrons. The van der Waals surface area contributed by atoms with Crippen LogP contribution < -0.4 is 14.8 Å². The second kappa shape index (κ2) is 10.7. The minimum Gasteiger partial charge on any atom is -0.493 e. The molecular formula is C24H30N2O3. The number of methoxy groups -OCH3 is 1. The van der Waals surface area contributed by atoms with Crippen molar-refractivity contribution in [1.82, 2.24) is 10.2 Å². The van der Waals surface area contributed by atoms with Crippen LogP contribution in [0.3, 0.4) is 0 Å². The highest BCUT2D eigenvalue weighted by Gasteiger charge is 2.23. The average molecular weight is 395 g/mol. The monoisotopic (exact) mass is 394 g/mol. The normalized spacial score (nSPS) is 15.4. The van der Waals surface area contributed by atoms with Gasteiger partial charge in [-0.15, -0.1) is 0 Å². The highest BCUT2D eigenvalue weighted by atomic mass is 16.5. The predicted molar refractivity (Wildman–Crippen MR) is 116 cm³/mol. The van der Waals surface area contributed by atoms with E-state index in [2.05, 4.69) is 34.5 Å². The van der Waals surface area contributed by atoms with Crippen LogP contribution in [-0.2, 0) is 4.79 Å². The molecule has 29 heavy (non-hydrogen) atoms. The van der Waals surface area contributed by atoms with Crippen molar-refractivity contribution in [3.05, 3.63) is 65.7 Å². The van der Waals surface area contributed by atoms with E-state index in [-0.39, 0.29) is 11.9 Å². The van der Waals surface area contributed by atoms with Crippen molar-refractivity contribution in [2.24, 2.45) is 0 Å². The molecule has 5 nitrogen and oxygen atoms in total. The lowest BCUT2D eigenvalue weighted by Gasteiger charge is -2.28. The van der Waals surface area contributed by atoms with Gasteiger partial charge in [-0.25, -0.2) is 0 Å². The number of ether oxygens (including phenoxy) is 2. The molecule has 1 saturated heterocycles. The molecule has 1 N–H and O–H groups in total. The van der Waals surface area contributed by atoms with E-state index in [9.17, 15) is 4.79 Å². The van der Waals surface area contributed by atoms with Gasteiger partial charge in [0.05, 0.1) is 19.8 Å². The number of nitrogens with zero attached hydrogens (tertiary/aromatic N) is 1. The Bertz CT molecular complexity index is 814. The summed E-state index contributed by atoms with van der Waals surface area (Å²) in [4.78, 5) is 14.9. The zero-order chi connectivity index (χ0) is 20.5. The number of carbonyl (C=O) groups excluding carboxylic acids is 1. The van der Waals surface area contributed by atoms with Crippen LogP contribution in [0.15, 0.2) is 54.6 Å². The van der Waals surface area contributed by atoms with Crippen molar-refractivity contribution in [1.29, 1.82) is 0 Å². The molecule has 0 aliphatic carbocycles.